The molecule has 23 heavy (non-hydrogen) atoms. The van der Waals surface area contributed by atoms with Gasteiger partial charge in [0.2, 0.25) is 0 Å². The Morgan fingerprint density at radius 2 is 1.78 bits per heavy atom. The molecule has 0 amide bonds. The number of allylic oxidation sites excluding steroid dienone is 1. The van der Waals surface area contributed by atoms with E-state index in [0.717, 1.165) is 12.8 Å². The Balaban J connectivity index is 2.33. The fraction of sp³-hybridized carbons (Fsp3) is 0.500. The van der Waals surface area contributed by atoms with Gasteiger partial charge in [-0.05, 0) is 43.4 Å². The van der Waals surface area contributed by atoms with Crippen molar-refractivity contribution in [1.82, 2.24) is 0 Å². The van der Waals surface area contributed by atoms with Gasteiger partial charge in [0.05, 0.1) is 22.8 Å². The van der Waals surface area contributed by atoms with Gasteiger partial charge >= 0.3 is 5.97 Å². The second-order valence-electron chi connectivity index (χ2n) is 5.77. The van der Waals surface area contributed by atoms with Gasteiger partial charge in [-0.1, -0.05) is 38.0 Å². The topological polar surface area (TPSA) is 60.4 Å². The summed E-state index contributed by atoms with van der Waals surface area (Å²) in [4.78, 5) is 12.5. The van der Waals surface area contributed by atoms with Crippen molar-refractivity contribution in [1.29, 1.82) is 0 Å². The monoisotopic (exact) mass is 336 g/mol. The minimum absolute atomic E-state index is 0.0645. The third kappa shape index (κ3) is 4.44. The Labute approximate surface area is 138 Å². The van der Waals surface area contributed by atoms with Crippen molar-refractivity contribution in [2.24, 2.45) is 5.92 Å². The zero-order chi connectivity index (χ0) is 16.9. The number of hydrogen-bond donors (Lipinski definition) is 0. The van der Waals surface area contributed by atoms with Gasteiger partial charge in [-0.3, -0.25) is 0 Å². The molecule has 5 heteroatoms. The Morgan fingerprint density at radius 3 is 2.30 bits per heavy atom. The number of esters is 1. The molecule has 4 nitrogen and oxygen atoms in total. The summed E-state index contributed by atoms with van der Waals surface area (Å²) >= 11 is 0. The van der Waals surface area contributed by atoms with Gasteiger partial charge in [0.15, 0.2) is 9.84 Å². The summed E-state index contributed by atoms with van der Waals surface area (Å²) in [6, 6.07) is 6.52. The Hall–Kier alpha value is -1.62. The Morgan fingerprint density at radius 1 is 1.17 bits per heavy atom. The van der Waals surface area contributed by atoms with Crippen molar-refractivity contribution >= 4 is 21.4 Å². The third-order valence-electron chi connectivity index (χ3n) is 4.20. The molecule has 1 aliphatic carbocycles. The molecule has 1 aliphatic rings. The molecule has 0 unspecified atom stereocenters. The fourth-order valence-corrected chi connectivity index (χ4v) is 3.74. The normalized spacial score (nSPS) is 16.5. The van der Waals surface area contributed by atoms with Gasteiger partial charge in [0.25, 0.3) is 0 Å². The van der Waals surface area contributed by atoms with Gasteiger partial charge in [0, 0.05) is 0 Å². The predicted molar refractivity (Wildman–Crippen MR) is 90.7 cm³/mol. The molecule has 1 fully saturated rings. The molecule has 2 rings (SSSR count). The predicted octanol–water partition coefficient (Wildman–Crippen LogP) is 3.62. The largest absolute Gasteiger partial charge is 0.462 e. The van der Waals surface area contributed by atoms with E-state index in [2.05, 4.69) is 0 Å². The zero-order valence-electron chi connectivity index (χ0n) is 13.7. The van der Waals surface area contributed by atoms with E-state index in [1.165, 1.54) is 12.8 Å². The van der Waals surface area contributed by atoms with Crippen LogP contribution in [0.1, 0.15) is 45.1 Å². The number of ether oxygens (including phenoxy) is 1. The first-order valence-electron chi connectivity index (χ1n) is 8.20. The molecule has 1 saturated carbocycles. The summed E-state index contributed by atoms with van der Waals surface area (Å²) in [6.07, 6.45) is 6.54. The van der Waals surface area contributed by atoms with Crippen LogP contribution in [0.15, 0.2) is 35.2 Å². The van der Waals surface area contributed by atoms with Crippen LogP contribution in [0.25, 0.3) is 5.57 Å². The second-order valence-corrected chi connectivity index (χ2v) is 8.05. The quantitative estimate of drug-likeness (QED) is 0.588. The molecule has 0 N–H and O–H groups in total. The van der Waals surface area contributed by atoms with E-state index < -0.39 is 9.84 Å². The van der Waals surface area contributed by atoms with Crippen molar-refractivity contribution in [2.45, 2.75) is 44.4 Å². The van der Waals surface area contributed by atoms with Gasteiger partial charge in [-0.2, -0.15) is 0 Å². The highest BCUT2D eigenvalue weighted by Crippen LogP contribution is 2.30. The van der Waals surface area contributed by atoms with Crippen LogP contribution in [0, 0.1) is 5.92 Å². The van der Waals surface area contributed by atoms with Crippen LogP contribution in [-0.4, -0.2) is 26.7 Å². The standard InChI is InChI=1S/C18H24O4S/c1-3-22-18(19)17(13-14-7-5-6-8-14)15-9-11-16(12-10-15)23(20,21)4-2/h9-14H,3-8H2,1-2H3/b17-13+. The molecule has 0 radical (unpaired) electrons. The van der Waals surface area contributed by atoms with E-state index in [9.17, 15) is 13.2 Å². The molecule has 0 saturated heterocycles. The first-order chi connectivity index (χ1) is 11.0. The van der Waals surface area contributed by atoms with Gasteiger partial charge in [-0.25, -0.2) is 13.2 Å². The summed E-state index contributed by atoms with van der Waals surface area (Å²) in [5, 5.41) is 0. The lowest BCUT2D eigenvalue weighted by Crippen LogP contribution is -2.09. The number of carbonyl (C=O) groups excluding carboxylic acids is 1. The molecule has 0 spiro atoms. The van der Waals surface area contributed by atoms with E-state index in [1.807, 2.05) is 6.08 Å². The van der Waals surface area contributed by atoms with Crippen LogP contribution in [0.5, 0.6) is 0 Å². The first-order valence-corrected chi connectivity index (χ1v) is 9.85. The van der Waals surface area contributed by atoms with E-state index >= 15 is 0 Å². The van der Waals surface area contributed by atoms with Crippen LogP contribution in [0.2, 0.25) is 0 Å². The summed E-state index contributed by atoms with van der Waals surface area (Å²) < 4.78 is 28.9. The van der Waals surface area contributed by atoms with Crippen molar-refractivity contribution in [3.8, 4) is 0 Å². The van der Waals surface area contributed by atoms with E-state index in [0.29, 0.717) is 23.7 Å². The van der Waals surface area contributed by atoms with E-state index in [1.54, 1.807) is 38.1 Å². The smallest absolute Gasteiger partial charge is 0.338 e. The Kier molecular flexibility index (Phi) is 5.99. The van der Waals surface area contributed by atoms with Gasteiger partial charge in [0.1, 0.15) is 0 Å². The highest BCUT2D eigenvalue weighted by molar-refractivity contribution is 7.91. The highest BCUT2D eigenvalue weighted by Gasteiger charge is 2.20. The van der Waals surface area contributed by atoms with E-state index in [-0.39, 0.29) is 16.6 Å². The number of benzene rings is 1. The number of rotatable bonds is 6. The first kappa shape index (κ1) is 17.7. The number of carbonyl (C=O) groups is 1. The molecule has 0 bridgehead atoms. The lowest BCUT2D eigenvalue weighted by atomic mass is 9.99. The third-order valence-corrected chi connectivity index (χ3v) is 5.95. The van der Waals surface area contributed by atoms with Crippen molar-refractivity contribution < 1.29 is 17.9 Å². The molecular weight excluding hydrogens is 312 g/mol. The lowest BCUT2D eigenvalue weighted by molar-refractivity contribution is -0.136. The molecular formula is C18H24O4S. The van der Waals surface area contributed by atoms with Crippen LogP contribution in [-0.2, 0) is 19.4 Å². The molecule has 0 aliphatic heterocycles. The lowest BCUT2D eigenvalue weighted by Gasteiger charge is -2.11. The second kappa shape index (κ2) is 7.77. The van der Waals surface area contributed by atoms with Crippen LogP contribution in [0.3, 0.4) is 0 Å². The molecule has 0 atom stereocenters. The molecule has 126 valence electrons. The molecule has 0 heterocycles. The minimum Gasteiger partial charge on any atom is -0.462 e. The molecule has 1 aromatic carbocycles. The summed E-state index contributed by atoms with van der Waals surface area (Å²) in [7, 11) is -3.23. The summed E-state index contributed by atoms with van der Waals surface area (Å²) in [6.45, 7) is 3.72. The van der Waals surface area contributed by atoms with Crippen molar-refractivity contribution in [2.75, 3.05) is 12.4 Å². The van der Waals surface area contributed by atoms with Crippen LogP contribution >= 0.6 is 0 Å². The SMILES string of the molecule is CCOC(=O)/C(=C/C1CCCC1)c1ccc(S(=O)(=O)CC)cc1. The van der Waals surface area contributed by atoms with Crippen LogP contribution in [0.4, 0.5) is 0 Å². The Bertz CT molecular complexity index is 665. The van der Waals surface area contributed by atoms with Crippen LogP contribution < -0.4 is 0 Å². The fourth-order valence-electron chi connectivity index (χ4n) is 2.86. The van der Waals surface area contributed by atoms with Gasteiger partial charge in [-0.15, -0.1) is 0 Å². The maximum atomic E-state index is 12.3. The minimum atomic E-state index is -3.23. The van der Waals surface area contributed by atoms with Crippen molar-refractivity contribution in [3.05, 3.63) is 35.9 Å². The highest BCUT2D eigenvalue weighted by atomic mass is 32.2. The number of sulfone groups is 1. The van der Waals surface area contributed by atoms with E-state index in [4.69, 9.17) is 4.74 Å². The van der Waals surface area contributed by atoms with Gasteiger partial charge < -0.3 is 4.74 Å². The maximum absolute atomic E-state index is 12.3. The average molecular weight is 336 g/mol. The zero-order valence-corrected chi connectivity index (χ0v) is 14.6. The average Bonchev–Trinajstić information content (AvgIpc) is 3.06. The summed E-state index contributed by atoms with van der Waals surface area (Å²) in [5.41, 5.74) is 1.25. The molecule has 1 aromatic rings. The number of hydrogen-bond acceptors (Lipinski definition) is 4. The summed E-state index contributed by atoms with van der Waals surface area (Å²) in [5.74, 6) is 0.119. The van der Waals surface area contributed by atoms with Crippen molar-refractivity contribution in [3.63, 3.8) is 0 Å². The molecule has 0 aromatic heterocycles. The maximum Gasteiger partial charge on any atom is 0.338 e.